The Kier molecular flexibility index (Phi) is 3.52. The van der Waals surface area contributed by atoms with Gasteiger partial charge >= 0.3 is 0 Å². The van der Waals surface area contributed by atoms with Gasteiger partial charge in [-0.15, -0.1) is 0 Å². The molecule has 3 nitrogen and oxygen atoms in total. The zero-order chi connectivity index (χ0) is 13.9. The normalized spacial score (nSPS) is 12.7. The minimum Gasteiger partial charge on any atom is -0.464 e. The first-order chi connectivity index (χ1) is 9.81. The second-order valence-electron chi connectivity index (χ2n) is 4.83. The summed E-state index contributed by atoms with van der Waals surface area (Å²) in [6.45, 7) is 2.09. The molecule has 1 atom stereocenters. The quantitative estimate of drug-likeness (QED) is 0.782. The Labute approximate surface area is 118 Å². The molecule has 3 rings (SSSR count). The molecule has 1 unspecified atom stereocenters. The van der Waals surface area contributed by atoms with Crippen LogP contribution >= 0.6 is 0 Å². The Morgan fingerprint density at radius 1 is 1.20 bits per heavy atom. The van der Waals surface area contributed by atoms with E-state index in [1.165, 1.54) is 0 Å². The molecular weight excluding hydrogens is 248 g/mol. The number of hydrogen-bond acceptors (Lipinski definition) is 3. The maximum atomic E-state index is 5.87. The van der Waals surface area contributed by atoms with Crippen molar-refractivity contribution in [1.82, 2.24) is 10.3 Å². The third-order valence-electron chi connectivity index (χ3n) is 3.57. The van der Waals surface area contributed by atoms with Gasteiger partial charge in [0.1, 0.15) is 11.5 Å². The van der Waals surface area contributed by atoms with Crippen molar-refractivity contribution in [2.45, 2.75) is 19.4 Å². The number of fused-ring (bicyclic) bond motifs is 1. The van der Waals surface area contributed by atoms with Crippen LogP contribution in [0.25, 0.3) is 10.9 Å². The van der Waals surface area contributed by atoms with Crippen LogP contribution in [0.4, 0.5) is 0 Å². The fourth-order valence-electron chi connectivity index (χ4n) is 2.48. The van der Waals surface area contributed by atoms with E-state index >= 15 is 0 Å². The summed E-state index contributed by atoms with van der Waals surface area (Å²) in [6.07, 6.45) is 2.73. The average molecular weight is 266 g/mol. The van der Waals surface area contributed by atoms with Crippen LogP contribution in [0.3, 0.4) is 0 Å². The highest BCUT2D eigenvalue weighted by atomic mass is 16.3. The molecule has 0 radical (unpaired) electrons. The molecule has 0 saturated heterocycles. The van der Waals surface area contributed by atoms with E-state index < -0.39 is 0 Å². The molecule has 0 amide bonds. The Hall–Kier alpha value is -2.13. The molecule has 0 fully saturated rings. The lowest BCUT2D eigenvalue weighted by Crippen LogP contribution is -2.17. The van der Waals surface area contributed by atoms with Crippen LogP contribution in [-0.4, -0.2) is 12.0 Å². The third-order valence-corrected chi connectivity index (χ3v) is 3.57. The van der Waals surface area contributed by atoms with E-state index in [0.717, 1.165) is 34.4 Å². The van der Waals surface area contributed by atoms with Gasteiger partial charge in [-0.3, -0.25) is 4.98 Å². The van der Waals surface area contributed by atoms with Gasteiger partial charge in [0.15, 0.2) is 0 Å². The van der Waals surface area contributed by atoms with Crippen molar-refractivity contribution in [3.63, 3.8) is 0 Å². The molecule has 0 saturated carbocycles. The number of nitrogens with one attached hydrogen (secondary N) is 1. The Bertz CT molecular complexity index is 718. The van der Waals surface area contributed by atoms with Crippen molar-refractivity contribution in [1.29, 1.82) is 0 Å². The SMILES string of the molecule is CCc1ccc(C(NC)c2ccc3cccnc3c2)o1. The average Bonchev–Trinajstić information content (AvgIpc) is 2.97. The van der Waals surface area contributed by atoms with E-state index in [2.05, 4.69) is 41.5 Å². The van der Waals surface area contributed by atoms with Crippen LogP contribution in [0.15, 0.2) is 53.1 Å². The van der Waals surface area contributed by atoms with Crippen LogP contribution in [0, 0.1) is 0 Å². The lowest BCUT2D eigenvalue weighted by atomic mass is 10.0. The summed E-state index contributed by atoms with van der Waals surface area (Å²) in [5, 5.41) is 4.47. The zero-order valence-electron chi connectivity index (χ0n) is 11.8. The number of nitrogens with zero attached hydrogens (tertiary/aromatic N) is 1. The minimum atomic E-state index is 0.0571. The first kappa shape index (κ1) is 12.9. The summed E-state index contributed by atoms with van der Waals surface area (Å²) in [5.74, 6) is 1.96. The Morgan fingerprint density at radius 3 is 2.85 bits per heavy atom. The molecule has 0 aliphatic heterocycles. The predicted molar refractivity (Wildman–Crippen MR) is 80.7 cm³/mol. The van der Waals surface area contributed by atoms with Crippen molar-refractivity contribution >= 4 is 10.9 Å². The molecule has 1 N–H and O–H groups in total. The molecule has 0 bridgehead atoms. The molecule has 20 heavy (non-hydrogen) atoms. The number of furan rings is 1. The van der Waals surface area contributed by atoms with Gasteiger partial charge in [0.25, 0.3) is 0 Å². The van der Waals surface area contributed by atoms with Crippen molar-refractivity contribution in [3.8, 4) is 0 Å². The molecule has 2 heterocycles. The van der Waals surface area contributed by atoms with E-state index in [1.807, 2.05) is 31.4 Å². The van der Waals surface area contributed by atoms with Gasteiger partial charge in [-0.1, -0.05) is 25.1 Å². The predicted octanol–water partition coefficient (Wildman–Crippen LogP) is 3.70. The monoisotopic (exact) mass is 266 g/mol. The van der Waals surface area contributed by atoms with Crippen LogP contribution in [-0.2, 0) is 6.42 Å². The number of rotatable bonds is 4. The van der Waals surface area contributed by atoms with Gasteiger partial charge in [0.2, 0.25) is 0 Å². The van der Waals surface area contributed by atoms with Gasteiger partial charge in [-0.05, 0) is 36.9 Å². The highest BCUT2D eigenvalue weighted by Crippen LogP contribution is 2.26. The van der Waals surface area contributed by atoms with Crippen LogP contribution in [0.5, 0.6) is 0 Å². The van der Waals surface area contributed by atoms with Crippen LogP contribution < -0.4 is 5.32 Å². The molecule has 1 aromatic carbocycles. The third kappa shape index (κ3) is 2.32. The lowest BCUT2D eigenvalue weighted by Gasteiger charge is -2.14. The van der Waals surface area contributed by atoms with Gasteiger partial charge < -0.3 is 9.73 Å². The Balaban J connectivity index is 2.02. The van der Waals surface area contributed by atoms with E-state index in [0.29, 0.717) is 0 Å². The number of hydrogen-bond donors (Lipinski definition) is 1. The number of pyridine rings is 1. The lowest BCUT2D eigenvalue weighted by molar-refractivity contribution is 0.434. The first-order valence-corrected chi connectivity index (χ1v) is 6.92. The highest BCUT2D eigenvalue weighted by Gasteiger charge is 2.16. The summed E-state index contributed by atoms with van der Waals surface area (Å²) in [6, 6.07) is 14.5. The van der Waals surface area contributed by atoms with Gasteiger partial charge in [-0.25, -0.2) is 0 Å². The van der Waals surface area contributed by atoms with E-state index in [-0.39, 0.29) is 6.04 Å². The fraction of sp³-hybridized carbons (Fsp3) is 0.235. The number of aromatic nitrogens is 1. The number of aryl methyl sites for hydroxylation is 1. The fourth-order valence-corrected chi connectivity index (χ4v) is 2.48. The topological polar surface area (TPSA) is 38.1 Å². The maximum Gasteiger partial charge on any atom is 0.125 e. The minimum absolute atomic E-state index is 0.0571. The van der Waals surface area contributed by atoms with Crippen molar-refractivity contribution in [2.75, 3.05) is 7.05 Å². The van der Waals surface area contributed by atoms with Crippen molar-refractivity contribution in [2.24, 2.45) is 0 Å². The molecular formula is C17H18N2O. The molecule has 102 valence electrons. The van der Waals surface area contributed by atoms with Crippen LogP contribution in [0.2, 0.25) is 0 Å². The van der Waals surface area contributed by atoms with Gasteiger partial charge in [0.05, 0.1) is 11.6 Å². The van der Waals surface area contributed by atoms with Crippen molar-refractivity contribution in [3.05, 3.63) is 65.7 Å². The Morgan fingerprint density at radius 2 is 2.10 bits per heavy atom. The molecule has 0 aliphatic carbocycles. The summed E-state index contributed by atoms with van der Waals surface area (Å²) < 4.78 is 5.87. The van der Waals surface area contributed by atoms with Gasteiger partial charge in [0, 0.05) is 18.0 Å². The van der Waals surface area contributed by atoms with E-state index in [1.54, 1.807) is 0 Å². The van der Waals surface area contributed by atoms with E-state index in [4.69, 9.17) is 4.42 Å². The number of benzene rings is 1. The molecule has 0 aliphatic rings. The second-order valence-corrected chi connectivity index (χ2v) is 4.83. The maximum absolute atomic E-state index is 5.87. The summed E-state index contributed by atoms with van der Waals surface area (Å²) in [5.41, 5.74) is 2.17. The molecule has 3 heteroatoms. The summed E-state index contributed by atoms with van der Waals surface area (Å²) in [4.78, 5) is 4.42. The largest absolute Gasteiger partial charge is 0.464 e. The smallest absolute Gasteiger partial charge is 0.125 e. The molecule has 3 aromatic rings. The van der Waals surface area contributed by atoms with Crippen LogP contribution in [0.1, 0.15) is 30.0 Å². The van der Waals surface area contributed by atoms with Crippen molar-refractivity contribution < 1.29 is 4.42 Å². The van der Waals surface area contributed by atoms with E-state index in [9.17, 15) is 0 Å². The summed E-state index contributed by atoms with van der Waals surface area (Å²) in [7, 11) is 1.95. The second kappa shape index (κ2) is 5.47. The standard InChI is InChI=1S/C17H18N2O/c1-3-14-8-9-16(20-14)17(18-2)13-7-6-12-5-4-10-19-15(12)11-13/h4-11,17-18H,3H2,1-2H3. The summed E-state index contributed by atoms with van der Waals surface area (Å²) >= 11 is 0. The molecule has 2 aromatic heterocycles. The first-order valence-electron chi connectivity index (χ1n) is 6.92. The zero-order valence-corrected chi connectivity index (χ0v) is 11.8. The highest BCUT2D eigenvalue weighted by molar-refractivity contribution is 5.79. The van der Waals surface area contributed by atoms with Gasteiger partial charge in [-0.2, -0.15) is 0 Å². The molecule has 0 spiro atoms.